The minimum absolute atomic E-state index is 0.0514. The number of aryl methyl sites for hydroxylation is 2. The summed E-state index contributed by atoms with van der Waals surface area (Å²) >= 11 is 3.40. The van der Waals surface area contributed by atoms with Crippen molar-refractivity contribution in [1.29, 1.82) is 0 Å². The summed E-state index contributed by atoms with van der Waals surface area (Å²) in [6, 6.07) is 0. The molecule has 15 heavy (non-hydrogen) atoms. The fourth-order valence-corrected chi connectivity index (χ4v) is 2.18. The third-order valence-corrected chi connectivity index (χ3v) is 3.67. The Kier molecular flexibility index (Phi) is 2.58. The topological polar surface area (TPSA) is 55.1 Å². The SMILES string of the molecule is Cc1nc(C)c(C(=O)NC2(CBr)CC2)o1. The van der Waals surface area contributed by atoms with Gasteiger partial charge in [0.1, 0.15) is 0 Å². The Labute approximate surface area is 96.6 Å². The molecule has 0 unspecified atom stereocenters. The lowest BCUT2D eigenvalue weighted by Gasteiger charge is -2.12. The zero-order valence-corrected chi connectivity index (χ0v) is 10.3. The standard InChI is InChI=1S/C10H13BrN2O2/c1-6-8(15-7(2)12-6)9(14)13-10(5-11)3-4-10/h3-5H2,1-2H3,(H,13,14). The number of amides is 1. The van der Waals surface area contributed by atoms with E-state index in [1.54, 1.807) is 13.8 Å². The highest BCUT2D eigenvalue weighted by molar-refractivity contribution is 9.09. The minimum atomic E-state index is -0.162. The molecule has 0 radical (unpaired) electrons. The van der Waals surface area contributed by atoms with Crippen molar-refractivity contribution in [2.24, 2.45) is 0 Å². The van der Waals surface area contributed by atoms with E-state index in [2.05, 4.69) is 26.2 Å². The van der Waals surface area contributed by atoms with Crippen molar-refractivity contribution in [1.82, 2.24) is 10.3 Å². The number of nitrogens with zero attached hydrogens (tertiary/aromatic N) is 1. The molecule has 1 aliphatic carbocycles. The highest BCUT2D eigenvalue weighted by Gasteiger charge is 2.43. The van der Waals surface area contributed by atoms with Crippen LogP contribution in [0.25, 0.3) is 0 Å². The Morgan fingerprint density at radius 2 is 2.27 bits per heavy atom. The summed E-state index contributed by atoms with van der Waals surface area (Å²) in [5.41, 5.74) is 0.597. The van der Waals surface area contributed by atoms with Crippen molar-refractivity contribution in [3.8, 4) is 0 Å². The molecular weight excluding hydrogens is 260 g/mol. The summed E-state index contributed by atoms with van der Waals surface area (Å²) in [6.45, 7) is 3.51. The van der Waals surface area contributed by atoms with Crippen molar-refractivity contribution in [2.45, 2.75) is 32.2 Å². The highest BCUT2D eigenvalue weighted by atomic mass is 79.9. The fourth-order valence-electron chi connectivity index (χ4n) is 1.48. The monoisotopic (exact) mass is 272 g/mol. The molecule has 2 rings (SSSR count). The first kappa shape index (κ1) is 10.7. The summed E-state index contributed by atoms with van der Waals surface area (Å²) in [6.07, 6.45) is 2.05. The number of halogens is 1. The molecule has 1 aliphatic rings. The van der Waals surface area contributed by atoms with Gasteiger partial charge in [-0.2, -0.15) is 0 Å². The van der Waals surface area contributed by atoms with Crippen molar-refractivity contribution < 1.29 is 9.21 Å². The van der Waals surface area contributed by atoms with E-state index in [9.17, 15) is 4.79 Å². The van der Waals surface area contributed by atoms with Crippen LogP contribution in [0.15, 0.2) is 4.42 Å². The largest absolute Gasteiger partial charge is 0.436 e. The maximum absolute atomic E-state index is 11.8. The van der Waals surface area contributed by atoms with Crippen LogP contribution in [0.1, 0.15) is 35.0 Å². The number of carbonyl (C=O) groups is 1. The zero-order chi connectivity index (χ0) is 11.1. The molecular formula is C10H13BrN2O2. The van der Waals surface area contributed by atoms with E-state index in [0.29, 0.717) is 17.3 Å². The summed E-state index contributed by atoms with van der Waals surface area (Å²) in [5.74, 6) is 0.700. The molecule has 1 aromatic heterocycles. The molecule has 1 fully saturated rings. The number of rotatable bonds is 3. The van der Waals surface area contributed by atoms with Gasteiger partial charge in [0.15, 0.2) is 5.89 Å². The normalized spacial score (nSPS) is 17.5. The van der Waals surface area contributed by atoms with Crippen LogP contribution in [-0.4, -0.2) is 21.8 Å². The van der Waals surface area contributed by atoms with Crippen molar-refractivity contribution in [3.63, 3.8) is 0 Å². The van der Waals surface area contributed by atoms with E-state index >= 15 is 0 Å². The molecule has 1 heterocycles. The lowest BCUT2D eigenvalue weighted by molar-refractivity contribution is 0.0906. The Bertz CT molecular complexity index is 396. The second-order valence-electron chi connectivity index (χ2n) is 4.02. The summed E-state index contributed by atoms with van der Waals surface area (Å²) in [4.78, 5) is 15.9. The number of carbonyl (C=O) groups excluding carboxylic acids is 1. The Balaban J connectivity index is 2.11. The maximum Gasteiger partial charge on any atom is 0.289 e. The van der Waals surface area contributed by atoms with E-state index in [4.69, 9.17) is 4.42 Å². The lowest BCUT2D eigenvalue weighted by Crippen LogP contribution is -2.38. The first-order valence-corrected chi connectivity index (χ1v) is 6.01. The van der Waals surface area contributed by atoms with Crippen molar-refractivity contribution in [3.05, 3.63) is 17.3 Å². The van der Waals surface area contributed by atoms with Gasteiger partial charge in [0.2, 0.25) is 5.76 Å². The van der Waals surface area contributed by atoms with Gasteiger partial charge < -0.3 is 9.73 Å². The van der Waals surface area contributed by atoms with Crippen LogP contribution >= 0.6 is 15.9 Å². The van der Waals surface area contributed by atoms with E-state index in [1.165, 1.54) is 0 Å². The first-order valence-electron chi connectivity index (χ1n) is 4.89. The minimum Gasteiger partial charge on any atom is -0.436 e. The van der Waals surface area contributed by atoms with Crippen LogP contribution < -0.4 is 5.32 Å². The van der Waals surface area contributed by atoms with Crippen molar-refractivity contribution >= 4 is 21.8 Å². The van der Waals surface area contributed by atoms with Crippen molar-refractivity contribution in [2.75, 3.05) is 5.33 Å². The second-order valence-corrected chi connectivity index (χ2v) is 4.58. The molecule has 5 heteroatoms. The van der Waals surface area contributed by atoms with Gasteiger partial charge in [0.05, 0.1) is 11.2 Å². The average molecular weight is 273 g/mol. The molecule has 0 saturated heterocycles. The maximum atomic E-state index is 11.8. The van der Waals surface area contributed by atoms with Gasteiger partial charge in [0.25, 0.3) is 5.91 Å². The van der Waals surface area contributed by atoms with E-state index in [1.807, 2.05) is 0 Å². The molecule has 1 N–H and O–H groups in total. The zero-order valence-electron chi connectivity index (χ0n) is 8.76. The van der Waals surface area contributed by atoms with Crippen LogP contribution in [0.2, 0.25) is 0 Å². The number of oxazole rings is 1. The number of hydrogen-bond donors (Lipinski definition) is 1. The van der Waals surface area contributed by atoms with Crippen LogP contribution in [0.5, 0.6) is 0 Å². The molecule has 0 bridgehead atoms. The highest BCUT2D eigenvalue weighted by Crippen LogP contribution is 2.37. The number of hydrogen-bond acceptors (Lipinski definition) is 3. The van der Waals surface area contributed by atoms with Gasteiger partial charge in [-0.3, -0.25) is 4.79 Å². The number of alkyl halides is 1. The van der Waals surface area contributed by atoms with Gasteiger partial charge in [-0.1, -0.05) is 15.9 Å². The predicted molar refractivity (Wildman–Crippen MR) is 59.2 cm³/mol. The quantitative estimate of drug-likeness (QED) is 0.856. The molecule has 1 amide bonds. The van der Waals surface area contributed by atoms with Crippen LogP contribution in [0, 0.1) is 13.8 Å². The van der Waals surface area contributed by atoms with Crippen LogP contribution in [-0.2, 0) is 0 Å². The lowest BCUT2D eigenvalue weighted by atomic mass is 10.3. The smallest absolute Gasteiger partial charge is 0.289 e. The molecule has 0 aromatic carbocycles. The van der Waals surface area contributed by atoms with Gasteiger partial charge in [-0.05, 0) is 19.8 Å². The van der Waals surface area contributed by atoms with Crippen LogP contribution in [0.4, 0.5) is 0 Å². The average Bonchev–Trinajstić information content (AvgIpc) is 2.86. The third-order valence-electron chi connectivity index (χ3n) is 2.60. The third kappa shape index (κ3) is 2.07. The first-order chi connectivity index (χ1) is 7.06. The summed E-state index contributed by atoms with van der Waals surface area (Å²) in [5, 5.41) is 3.76. The second kappa shape index (κ2) is 3.63. The molecule has 82 valence electrons. The molecule has 0 aliphatic heterocycles. The number of nitrogens with one attached hydrogen (secondary N) is 1. The van der Waals surface area contributed by atoms with Gasteiger partial charge >= 0.3 is 0 Å². The van der Waals surface area contributed by atoms with E-state index in [-0.39, 0.29) is 11.4 Å². The molecule has 4 nitrogen and oxygen atoms in total. The summed E-state index contributed by atoms with van der Waals surface area (Å²) in [7, 11) is 0. The predicted octanol–water partition coefficient (Wildman–Crippen LogP) is 1.95. The molecule has 1 saturated carbocycles. The van der Waals surface area contributed by atoms with E-state index < -0.39 is 0 Å². The van der Waals surface area contributed by atoms with E-state index in [0.717, 1.165) is 18.2 Å². The van der Waals surface area contributed by atoms with Gasteiger partial charge in [0, 0.05) is 12.3 Å². The van der Waals surface area contributed by atoms with Gasteiger partial charge in [-0.25, -0.2) is 4.98 Å². The van der Waals surface area contributed by atoms with Crippen LogP contribution in [0.3, 0.4) is 0 Å². The molecule has 1 aromatic rings. The Hall–Kier alpha value is -0.840. The summed E-state index contributed by atoms with van der Waals surface area (Å²) < 4.78 is 5.26. The Morgan fingerprint density at radius 1 is 1.60 bits per heavy atom. The molecule has 0 spiro atoms. The number of aromatic nitrogens is 1. The fraction of sp³-hybridized carbons (Fsp3) is 0.600. The molecule has 0 atom stereocenters. The van der Waals surface area contributed by atoms with Gasteiger partial charge in [-0.15, -0.1) is 0 Å². The Morgan fingerprint density at radius 3 is 2.67 bits per heavy atom.